The van der Waals surface area contributed by atoms with Crippen molar-refractivity contribution in [3.05, 3.63) is 0 Å². The van der Waals surface area contributed by atoms with Gasteiger partial charge in [-0.05, 0) is 6.92 Å². The maximum absolute atomic E-state index is 5.55. The fraction of sp³-hybridized carbons (Fsp3) is 1.00. The molecule has 0 rings (SSSR count). The summed E-state index contributed by atoms with van der Waals surface area (Å²) in [4.78, 5) is 0. The summed E-state index contributed by atoms with van der Waals surface area (Å²) < 4.78 is 253. The van der Waals surface area contributed by atoms with Crippen LogP contribution in [0.15, 0.2) is 0 Å². The Balaban J connectivity index is 3.10. The summed E-state index contributed by atoms with van der Waals surface area (Å²) in [5, 5.41) is 0. The standard InChI is InChI=1S/C93H188O46/c1-3-95-6-7-97-10-11-99-14-15-101-18-19-103-22-23-105-26-27-107-30-31-109-34-35-111-38-39-113-42-43-115-46-47-117-50-51-119-54-55-121-58-59-123-62-63-125-66-67-127-70-71-129-74-75-131-78-79-133-82-83-135-86-87-137-90-91-139-93-92-138-89-88-136-85-84-134-81-80-132-77-76-130-73-72-128-69-68-126-65-64-124-61-60-122-57-56-120-53-52-118-49-48-116-45-44-114-41-40-112-37-36-110-33-32-108-29-28-106-25-24-104-21-20-102-17-16-100-13-12-98-9-8-96-5-4-94-2/h3-93H2,1-2H3. The van der Waals surface area contributed by atoms with E-state index < -0.39 is 0 Å². The third-order valence-corrected chi connectivity index (χ3v) is 17.0. The van der Waals surface area contributed by atoms with Gasteiger partial charge in [0.25, 0.3) is 0 Å². The molecular formula is C93H188O46. The van der Waals surface area contributed by atoms with Gasteiger partial charge in [0.05, 0.1) is 595 Å². The van der Waals surface area contributed by atoms with Gasteiger partial charge in [-0.15, -0.1) is 0 Å². The molecule has 0 heterocycles. The van der Waals surface area contributed by atoms with Crippen LogP contribution in [0.2, 0.25) is 0 Å². The molecule has 0 aromatic rings. The Morgan fingerprint density at radius 1 is 0.0647 bits per heavy atom. The molecule has 0 aliphatic carbocycles. The van der Waals surface area contributed by atoms with Gasteiger partial charge in [-0.3, -0.25) is 0 Å². The number of methoxy groups -OCH3 is 1. The lowest BCUT2D eigenvalue weighted by Crippen LogP contribution is -2.16. The van der Waals surface area contributed by atoms with Crippen molar-refractivity contribution < 1.29 is 218 Å². The topological polar surface area (TPSA) is 425 Å². The van der Waals surface area contributed by atoms with Crippen molar-refractivity contribution in [2.45, 2.75) is 6.92 Å². The maximum Gasteiger partial charge on any atom is 0.0701 e. The molecule has 0 aromatic heterocycles. The smallest absolute Gasteiger partial charge is 0.0701 e. The zero-order valence-corrected chi connectivity index (χ0v) is 85.1. The lowest BCUT2D eigenvalue weighted by Gasteiger charge is -2.09. The molecule has 0 spiro atoms. The van der Waals surface area contributed by atoms with Gasteiger partial charge in [0.1, 0.15) is 0 Å². The highest BCUT2D eigenvalue weighted by atomic mass is 16.7. The summed E-state index contributed by atoms with van der Waals surface area (Å²) in [6.45, 7) is 46.7. The highest BCUT2D eigenvalue weighted by Gasteiger charge is 2.07. The van der Waals surface area contributed by atoms with Crippen LogP contribution in [0.1, 0.15) is 6.92 Å². The van der Waals surface area contributed by atoms with Crippen molar-refractivity contribution >= 4 is 0 Å². The summed E-state index contributed by atoms with van der Waals surface area (Å²) in [5.74, 6) is 0. The predicted octanol–water partition coefficient (Wildman–Crippen LogP) is 1.40. The van der Waals surface area contributed by atoms with Crippen LogP contribution in [0.25, 0.3) is 0 Å². The quantitative estimate of drug-likeness (QED) is 0.0777. The number of hydrogen-bond acceptors (Lipinski definition) is 46. The van der Waals surface area contributed by atoms with Crippen molar-refractivity contribution in [3.8, 4) is 0 Å². The van der Waals surface area contributed by atoms with Crippen LogP contribution in [0.3, 0.4) is 0 Å². The molecule has 139 heavy (non-hydrogen) atoms. The minimum Gasteiger partial charge on any atom is -0.382 e. The Morgan fingerprint density at radius 3 is 0.151 bits per heavy atom. The van der Waals surface area contributed by atoms with E-state index in [2.05, 4.69) is 0 Å². The lowest BCUT2D eigenvalue weighted by atomic mass is 10.6. The van der Waals surface area contributed by atoms with E-state index >= 15 is 0 Å². The second-order valence-corrected chi connectivity index (χ2v) is 28.1. The Morgan fingerprint density at radius 2 is 0.108 bits per heavy atom. The summed E-state index contributed by atoms with van der Waals surface area (Å²) in [7, 11) is 1.64. The van der Waals surface area contributed by atoms with Gasteiger partial charge in [-0.2, -0.15) is 0 Å². The van der Waals surface area contributed by atoms with Gasteiger partial charge in [-0.25, -0.2) is 0 Å². The number of ether oxygens (including phenoxy) is 46. The summed E-state index contributed by atoms with van der Waals surface area (Å²) in [5.41, 5.74) is 0. The molecule has 0 amide bonds. The van der Waals surface area contributed by atoms with E-state index in [1.54, 1.807) is 7.11 Å². The van der Waals surface area contributed by atoms with Crippen LogP contribution in [-0.2, 0) is 218 Å². The van der Waals surface area contributed by atoms with E-state index in [0.717, 1.165) is 0 Å². The van der Waals surface area contributed by atoms with Crippen LogP contribution in [0.5, 0.6) is 0 Å². The van der Waals surface area contributed by atoms with Gasteiger partial charge in [0.2, 0.25) is 0 Å². The van der Waals surface area contributed by atoms with Gasteiger partial charge in [0, 0.05) is 13.7 Å². The third kappa shape index (κ3) is 136. The molecule has 0 aromatic carbocycles. The lowest BCUT2D eigenvalue weighted by molar-refractivity contribution is -0.0329. The molecular weight excluding hydrogens is 1850 g/mol. The average Bonchev–Trinajstić information content (AvgIpc) is 1.10. The molecule has 0 aliphatic heterocycles. The van der Waals surface area contributed by atoms with Crippen LogP contribution in [0, 0.1) is 0 Å². The Labute approximate surface area is 830 Å². The monoisotopic (exact) mass is 2040 g/mol. The fourth-order valence-corrected chi connectivity index (χ4v) is 9.96. The minimum atomic E-state index is 0.472. The second kappa shape index (κ2) is 136. The van der Waals surface area contributed by atoms with E-state index in [1.165, 1.54) is 0 Å². The van der Waals surface area contributed by atoms with Crippen LogP contribution in [-0.4, -0.2) is 608 Å². The molecule has 0 atom stereocenters. The second-order valence-electron chi connectivity index (χ2n) is 28.1. The van der Waals surface area contributed by atoms with Crippen LogP contribution >= 0.6 is 0 Å². The molecule has 0 radical (unpaired) electrons. The average molecular weight is 2040 g/mol. The Kier molecular flexibility index (Phi) is 134. The SMILES string of the molecule is CCOCCOCCOCCOCCOCCOCCOCCOCCOCCOCCOCCOCCOCCOCCOCCOCCOCCOCCOCCOCCOCCOCCOCCOCCOCCOCCOCCOCCOCCOCCOCCOCCOCCOCCOCCOCCOCCOCCOCCOCCOCCOCCOCCOCCOCCOC. The predicted molar refractivity (Wildman–Crippen MR) is 504 cm³/mol. The first kappa shape index (κ1) is 137. The molecule has 836 valence electrons. The van der Waals surface area contributed by atoms with E-state index in [4.69, 9.17) is 218 Å². The summed E-state index contributed by atoms with van der Waals surface area (Å²) >= 11 is 0. The van der Waals surface area contributed by atoms with Crippen molar-refractivity contribution in [1.29, 1.82) is 0 Å². The molecule has 46 heteroatoms. The van der Waals surface area contributed by atoms with E-state index in [9.17, 15) is 0 Å². The van der Waals surface area contributed by atoms with Crippen molar-refractivity contribution in [2.24, 2.45) is 0 Å². The Hall–Kier alpha value is -1.84. The first-order valence-electron chi connectivity index (χ1n) is 49.9. The number of rotatable bonds is 136. The molecule has 0 aliphatic rings. The van der Waals surface area contributed by atoms with Crippen LogP contribution < -0.4 is 0 Å². The highest BCUT2D eigenvalue weighted by Crippen LogP contribution is 1.97. The largest absolute Gasteiger partial charge is 0.382 e. The summed E-state index contributed by atoms with van der Waals surface area (Å²) in [6, 6.07) is 0. The Bertz CT molecular complexity index is 1770. The van der Waals surface area contributed by atoms with Crippen molar-refractivity contribution in [3.63, 3.8) is 0 Å². The first-order valence-corrected chi connectivity index (χ1v) is 49.9. The van der Waals surface area contributed by atoms with Gasteiger partial charge >= 0.3 is 0 Å². The molecule has 0 bridgehead atoms. The maximum atomic E-state index is 5.55. The molecule has 0 fully saturated rings. The zero-order chi connectivity index (χ0) is 98.9. The van der Waals surface area contributed by atoms with Crippen LogP contribution in [0.4, 0.5) is 0 Å². The molecule has 0 saturated carbocycles. The van der Waals surface area contributed by atoms with E-state index in [0.29, 0.717) is 601 Å². The van der Waals surface area contributed by atoms with E-state index in [1.807, 2.05) is 6.92 Å². The van der Waals surface area contributed by atoms with Crippen molar-refractivity contribution in [2.75, 3.05) is 608 Å². The van der Waals surface area contributed by atoms with Gasteiger partial charge < -0.3 is 218 Å². The third-order valence-electron chi connectivity index (χ3n) is 17.0. The summed E-state index contributed by atoms with van der Waals surface area (Å²) in [6.07, 6.45) is 0. The molecule has 46 nitrogen and oxygen atoms in total. The molecule has 0 saturated heterocycles. The zero-order valence-electron chi connectivity index (χ0n) is 85.1. The highest BCUT2D eigenvalue weighted by molar-refractivity contribution is 4.49. The number of hydrogen-bond donors (Lipinski definition) is 0. The molecule has 0 N–H and O–H groups in total. The van der Waals surface area contributed by atoms with Crippen molar-refractivity contribution in [1.82, 2.24) is 0 Å². The molecule has 0 unspecified atom stereocenters. The first-order chi connectivity index (χ1) is 69.4. The normalized spacial score (nSPS) is 11.9. The van der Waals surface area contributed by atoms with Gasteiger partial charge in [0.15, 0.2) is 0 Å². The fourth-order valence-electron chi connectivity index (χ4n) is 9.96. The van der Waals surface area contributed by atoms with Gasteiger partial charge in [-0.1, -0.05) is 0 Å². The minimum absolute atomic E-state index is 0.472. The van der Waals surface area contributed by atoms with E-state index in [-0.39, 0.29) is 0 Å².